The lowest BCUT2D eigenvalue weighted by molar-refractivity contribution is 0.0914. The van der Waals surface area contributed by atoms with Crippen LogP contribution in [0.2, 0.25) is 0 Å². The van der Waals surface area contributed by atoms with Crippen LogP contribution in [0.15, 0.2) is 71.9 Å². The quantitative estimate of drug-likeness (QED) is 0.485. The normalized spacial score (nSPS) is 19.1. The van der Waals surface area contributed by atoms with E-state index in [0.29, 0.717) is 12.5 Å². The monoisotopic (exact) mass is 403 g/mol. The van der Waals surface area contributed by atoms with Gasteiger partial charge in [0.05, 0.1) is 24.5 Å². The number of aromatic amines is 1. The van der Waals surface area contributed by atoms with E-state index in [2.05, 4.69) is 61.6 Å². The Bertz CT molecular complexity index is 954. The van der Waals surface area contributed by atoms with E-state index in [-0.39, 0.29) is 6.10 Å². The second kappa shape index (κ2) is 9.59. The van der Waals surface area contributed by atoms with Gasteiger partial charge in [0, 0.05) is 33.2 Å². The van der Waals surface area contributed by atoms with Crippen molar-refractivity contribution in [2.24, 2.45) is 10.9 Å². The first-order valence-electron chi connectivity index (χ1n) is 10.4. The summed E-state index contributed by atoms with van der Waals surface area (Å²) >= 11 is 0. The third-order valence-electron chi connectivity index (χ3n) is 5.54. The molecule has 1 saturated heterocycles. The van der Waals surface area contributed by atoms with E-state index in [1.165, 1.54) is 5.56 Å². The highest BCUT2D eigenvalue weighted by molar-refractivity contribution is 5.79. The molecule has 2 unspecified atom stereocenters. The Hall–Kier alpha value is -3.12. The van der Waals surface area contributed by atoms with Crippen LogP contribution in [-0.2, 0) is 11.3 Å². The molecule has 4 rings (SSSR count). The van der Waals surface area contributed by atoms with Crippen molar-refractivity contribution in [3.63, 3.8) is 0 Å². The molecule has 30 heavy (non-hydrogen) atoms. The lowest BCUT2D eigenvalue weighted by Gasteiger charge is -2.24. The number of hydrogen-bond acceptors (Lipinski definition) is 3. The fraction of sp³-hybridized carbons (Fsp3) is 0.333. The molecule has 0 bridgehead atoms. The van der Waals surface area contributed by atoms with E-state index < -0.39 is 0 Å². The van der Waals surface area contributed by atoms with Gasteiger partial charge in [0.25, 0.3) is 0 Å². The Kier molecular flexibility index (Phi) is 6.44. The maximum absolute atomic E-state index is 6.01. The molecule has 156 valence electrons. The van der Waals surface area contributed by atoms with Crippen LogP contribution in [0.5, 0.6) is 0 Å². The van der Waals surface area contributed by atoms with Crippen LogP contribution >= 0.6 is 0 Å². The van der Waals surface area contributed by atoms with Gasteiger partial charge in [-0.15, -0.1) is 0 Å². The molecule has 1 aromatic heterocycles. The highest BCUT2D eigenvalue weighted by Crippen LogP contribution is 2.33. The molecule has 0 radical (unpaired) electrons. The highest BCUT2D eigenvalue weighted by atomic mass is 16.5. The van der Waals surface area contributed by atoms with E-state index in [9.17, 15) is 0 Å². The number of hydrogen-bond donors (Lipinski definition) is 2. The van der Waals surface area contributed by atoms with E-state index >= 15 is 0 Å². The van der Waals surface area contributed by atoms with Gasteiger partial charge in [-0.2, -0.15) is 0 Å². The standard InChI is InChI=1S/C24H29N5O/c1-25-24(27-15-20-13-14-30-23(20)19-11-7-4-8-12-19)29(2)17-22-26-16-21(28-22)18-9-5-3-6-10-18/h3-12,16,20,23H,13-15,17H2,1-2H3,(H,25,27)(H,26,28). The second-order valence-electron chi connectivity index (χ2n) is 7.64. The predicted octanol–water partition coefficient (Wildman–Crippen LogP) is 3.86. The van der Waals surface area contributed by atoms with Crippen LogP contribution in [0.4, 0.5) is 0 Å². The van der Waals surface area contributed by atoms with E-state index in [4.69, 9.17) is 4.74 Å². The Labute approximate surface area is 178 Å². The molecule has 1 fully saturated rings. The first kappa shape index (κ1) is 20.2. The molecule has 6 nitrogen and oxygen atoms in total. The molecule has 2 N–H and O–H groups in total. The van der Waals surface area contributed by atoms with Gasteiger partial charge in [-0.3, -0.25) is 4.99 Å². The molecule has 0 aliphatic carbocycles. The van der Waals surface area contributed by atoms with Crippen molar-refractivity contribution >= 4 is 5.96 Å². The molecule has 2 atom stereocenters. The van der Waals surface area contributed by atoms with Crippen LogP contribution in [-0.4, -0.2) is 48.1 Å². The summed E-state index contributed by atoms with van der Waals surface area (Å²) in [6, 6.07) is 20.7. The number of imidazole rings is 1. The number of aromatic nitrogens is 2. The lowest BCUT2D eigenvalue weighted by atomic mass is 9.95. The number of rotatable bonds is 6. The second-order valence-corrected chi connectivity index (χ2v) is 7.64. The van der Waals surface area contributed by atoms with Gasteiger partial charge < -0.3 is 19.9 Å². The van der Waals surface area contributed by atoms with Crippen LogP contribution in [0.3, 0.4) is 0 Å². The largest absolute Gasteiger partial charge is 0.373 e. The summed E-state index contributed by atoms with van der Waals surface area (Å²) in [4.78, 5) is 14.5. The average Bonchev–Trinajstić information content (AvgIpc) is 3.45. The van der Waals surface area contributed by atoms with Crippen molar-refractivity contribution in [3.05, 3.63) is 78.2 Å². The molecule has 3 aromatic rings. The zero-order chi connectivity index (χ0) is 20.8. The van der Waals surface area contributed by atoms with Crippen LogP contribution in [0.1, 0.15) is 23.9 Å². The van der Waals surface area contributed by atoms with Gasteiger partial charge >= 0.3 is 0 Å². The Morgan fingerprint density at radius 1 is 1.17 bits per heavy atom. The molecule has 0 saturated carbocycles. The number of nitrogens with one attached hydrogen (secondary N) is 2. The topological polar surface area (TPSA) is 65.5 Å². The maximum atomic E-state index is 6.01. The summed E-state index contributed by atoms with van der Waals surface area (Å²) in [7, 11) is 3.84. The average molecular weight is 404 g/mol. The van der Waals surface area contributed by atoms with Crippen molar-refractivity contribution < 1.29 is 4.74 Å². The van der Waals surface area contributed by atoms with Crippen molar-refractivity contribution in [1.29, 1.82) is 0 Å². The van der Waals surface area contributed by atoms with Crippen molar-refractivity contribution in [1.82, 2.24) is 20.2 Å². The van der Waals surface area contributed by atoms with Crippen LogP contribution in [0, 0.1) is 5.92 Å². The minimum Gasteiger partial charge on any atom is -0.373 e. The highest BCUT2D eigenvalue weighted by Gasteiger charge is 2.29. The predicted molar refractivity (Wildman–Crippen MR) is 120 cm³/mol. The third kappa shape index (κ3) is 4.71. The van der Waals surface area contributed by atoms with Gasteiger partial charge in [-0.05, 0) is 17.5 Å². The summed E-state index contributed by atoms with van der Waals surface area (Å²) in [6.45, 7) is 2.27. The minimum absolute atomic E-state index is 0.139. The molecule has 0 spiro atoms. The van der Waals surface area contributed by atoms with Crippen LogP contribution in [0.25, 0.3) is 11.3 Å². The first-order valence-corrected chi connectivity index (χ1v) is 10.4. The molecule has 0 amide bonds. The zero-order valence-corrected chi connectivity index (χ0v) is 17.6. The lowest BCUT2D eigenvalue weighted by Crippen LogP contribution is -2.41. The van der Waals surface area contributed by atoms with Crippen molar-refractivity contribution in [2.45, 2.75) is 19.1 Å². The maximum Gasteiger partial charge on any atom is 0.193 e. The fourth-order valence-electron chi connectivity index (χ4n) is 3.97. The molecule has 6 heteroatoms. The molecule has 1 aliphatic rings. The molecule has 2 aromatic carbocycles. The number of aliphatic imine (C=N–C) groups is 1. The SMILES string of the molecule is CN=C(NCC1CCOC1c1ccccc1)N(C)Cc1ncc(-c2ccccc2)[nH]1. The summed E-state index contributed by atoms with van der Waals surface area (Å²) in [5.74, 6) is 2.18. The smallest absolute Gasteiger partial charge is 0.193 e. The summed E-state index contributed by atoms with van der Waals surface area (Å²) in [5.41, 5.74) is 3.40. The summed E-state index contributed by atoms with van der Waals surface area (Å²) in [6.07, 6.45) is 3.07. The van der Waals surface area contributed by atoms with Crippen molar-refractivity contribution in [2.75, 3.05) is 27.2 Å². The third-order valence-corrected chi connectivity index (χ3v) is 5.54. The summed E-state index contributed by atoms with van der Waals surface area (Å²) in [5, 5.41) is 3.52. The number of H-pyrrole nitrogens is 1. The van der Waals surface area contributed by atoms with Gasteiger partial charge in [0.15, 0.2) is 5.96 Å². The van der Waals surface area contributed by atoms with Gasteiger partial charge in [-0.25, -0.2) is 4.98 Å². The van der Waals surface area contributed by atoms with Gasteiger partial charge in [0.1, 0.15) is 5.82 Å². The zero-order valence-electron chi connectivity index (χ0n) is 17.6. The number of ether oxygens (including phenoxy) is 1. The van der Waals surface area contributed by atoms with Gasteiger partial charge in [-0.1, -0.05) is 60.7 Å². The Morgan fingerprint density at radius 2 is 1.90 bits per heavy atom. The molecular weight excluding hydrogens is 374 g/mol. The van der Waals surface area contributed by atoms with Crippen molar-refractivity contribution in [3.8, 4) is 11.3 Å². The van der Waals surface area contributed by atoms with Crippen LogP contribution < -0.4 is 5.32 Å². The van der Waals surface area contributed by atoms with E-state index in [0.717, 1.165) is 42.6 Å². The molecule has 2 heterocycles. The first-order chi connectivity index (χ1) is 14.7. The minimum atomic E-state index is 0.139. The van der Waals surface area contributed by atoms with E-state index in [1.807, 2.05) is 44.6 Å². The number of nitrogens with zero attached hydrogens (tertiary/aromatic N) is 3. The summed E-state index contributed by atoms with van der Waals surface area (Å²) < 4.78 is 6.01. The molecular formula is C24H29N5O. The van der Waals surface area contributed by atoms with E-state index in [1.54, 1.807) is 0 Å². The number of guanidine groups is 1. The Morgan fingerprint density at radius 3 is 2.63 bits per heavy atom. The number of benzene rings is 2. The Balaban J connectivity index is 1.34. The molecule has 1 aliphatic heterocycles. The fourth-order valence-corrected chi connectivity index (χ4v) is 3.97. The van der Waals surface area contributed by atoms with Gasteiger partial charge in [0.2, 0.25) is 0 Å².